The molecule has 7 nitrogen and oxygen atoms in total. The third-order valence-corrected chi connectivity index (χ3v) is 4.59. The lowest BCUT2D eigenvalue weighted by molar-refractivity contribution is -0.384. The lowest BCUT2D eigenvalue weighted by Gasteiger charge is -2.36. The first-order valence-corrected chi connectivity index (χ1v) is 8.29. The molecule has 0 amide bonds. The van der Waals surface area contributed by atoms with Crippen LogP contribution in [0.3, 0.4) is 0 Å². The van der Waals surface area contributed by atoms with Gasteiger partial charge in [0, 0.05) is 19.2 Å². The molecule has 116 valence electrons. The number of hydrogen-bond acceptors (Lipinski definition) is 5. The highest BCUT2D eigenvalue weighted by atomic mass is 32.2. The van der Waals surface area contributed by atoms with Crippen molar-refractivity contribution in [2.24, 2.45) is 17.0 Å². The topological polar surface area (TPSA) is 107 Å². The Labute approximate surface area is 123 Å². The first-order chi connectivity index (χ1) is 9.68. The predicted molar refractivity (Wildman–Crippen MR) is 79.6 cm³/mol. The van der Waals surface area contributed by atoms with E-state index >= 15 is 0 Å². The molecule has 2 atom stereocenters. The van der Waals surface area contributed by atoms with E-state index < -0.39 is 14.9 Å². The third-order valence-electron chi connectivity index (χ3n) is 3.68. The van der Waals surface area contributed by atoms with Gasteiger partial charge < -0.3 is 4.90 Å². The fraction of sp³-hybridized carbons (Fsp3) is 0.538. The second-order valence-corrected chi connectivity index (χ2v) is 7.37. The largest absolute Gasteiger partial charge is 0.365 e. The van der Waals surface area contributed by atoms with E-state index in [4.69, 9.17) is 5.14 Å². The average Bonchev–Trinajstić information content (AvgIpc) is 2.35. The minimum atomic E-state index is -3.95. The fourth-order valence-corrected chi connectivity index (χ4v) is 3.49. The van der Waals surface area contributed by atoms with Crippen molar-refractivity contribution in [3.63, 3.8) is 0 Å². The molecule has 0 unspecified atom stereocenters. The second kappa shape index (κ2) is 5.61. The van der Waals surface area contributed by atoms with Crippen molar-refractivity contribution in [2.45, 2.75) is 25.2 Å². The van der Waals surface area contributed by atoms with Crippen molar-refractivity contribution >= 4 is 21.4 Å². The van der Waals surface area contributed by atoms with Crippen LogP contribution in [0.25, 0.3) is 0 Å². The van der Waals surface area contributed by atoms with Crippen molar-refractivity contribution < 1.29 is 13.3 Å². The highest BCUT2D eigenvalue weighted by Gasteiger charge is 2.28. The zero-order valence-corrected chi connectivity index (χ0v) is 12.8. The molecule has 0 radical (unpaired) electrons. The van der Waals surface area contributed by atoms with Gasteiger partial charge in [0.25, 0.3) is 5.69 Å². The number of primary sulfonamides is 1. The molecule has 1 aromatic rings. The number of nitrogens with zero attached hydrogens (tertiary/aromatic N) is 2. The highest BCUT2D eigenvalue weighted by Crippen LogP contribution is 2.34. The van der Waals surface area contributed by atoms with Gasteiger partial charge in [0.05, 0.1) is 9.82 Å². The minimum Gasteiger partial charge on any atom is -0.365 e. The van der Waals surface area contributed by atoms with Crippen LogP contribution in [-0.4, -0.2) is 26.4 Å². The molecule has 0 bridgehead atoms. The van der Waals surface area contributed by atoms with Gasteiger partial charge in [0.15, 0.2) is 0 Å². The molecule has 1 aliphatic heterocycles. The molecule has 1 fully saturated rings. The number of benzene rings is 1. The maximum Gasteiger partial charge on any atom is 0.293 e. The quantitative estimate of drug-likeness (QED) is 0.675. The number of rotatable bonds is 3. The summed E-state index contributed by atoms with van der Waals surface area (Å²) in [6.45, 7) is 5.65. The zero-order valence-electron chi connectivity index (χ0n) is 12.0. The van der Waals surface area contributed by atoms with Crippen LogP contribution in [0.1, 0.15) is 20.3 Å². The van der Waals surface area contributed by atoms with Crippen LogP contribution in [0.2, 0.25) is 0 Å². The summed E-state index contributed by atoms with van der Waals surface area (Å²) in [7, 11) is -3.95. The van der Waals surface area contributed by atoms with E-state index in [0.29, 0.717) is 17.5 Å². The Morgan fingerprint density at radius 1 is 1.29 bits per heavy atom. The monoisotopic (exact) mass is 313 g/mol. The van der Waals surface area contributed by atoms with Gasteiger partial charge >= 0.3 is 0 Å². The number of piperidine rings is 1. The Morgan fingerprint density at radius 2 is 1.86 bits per heavy atom. The first kappa shape index (κ1) is 15.7. The molecule has 0 spiro atoms. The van der Waals surface area contributed by atoms with Gasteiger partial charge in [-0.1, -0.05) is 13.8 Å². The Bertz CT molecular complexity index is 649. The average molecular weight is 313 g/mol. The smallest absolute Gasteiger partial charge is 0.293 e. The molecule has 1 saturated heterocycles. The maximum atomic E-state index is 11.3. The number of sulfonamides is 1. The number of nitrogens with two attached hydrogens (primary N) is 1. The zero-order chi connectivity index (χ0) is 15.8. The number of nitro groups is 1. The molecule has 8 heteroatoms. The van der Waals surface area contributed by atoms with Crippen molar-refractivity contribution in [1.82, 2.24) is 0 Å². The van der Waals surface area contributed by atoms with Crippen molar-refractivity contribution in [3.8, 4) is 0 Å². The van der Waals surface area contributed by atoms with Crippen LogP contribution in [-0.2, 0) is 10.0 Å². The standard InChI is InChI=1S/C13H19N3O4S/c1-9-5-10(2)8-15(7-9)12-4-3-11(21(14,19)20)6-13(12)16(17)18/h3-4,6,9-10H,5,7-8H2,1-2H3,(H2,14,19,20)/t9-,10+. The summed E-state index contributed by atoms with van der Waals surface area (Å²) in [6.07, 6.45) is 1.08. The Morgan fingerprint density at radius 3 is 2.33 bits per heavy atom. The molecule has 2 N–H and O–H groups in total. The van der Waals surface area contributed by atoms with E-state index in [2.05, 4.69) is 13.8 Å². The molecule has 2 rings (SSSR count). The lowest BCUT2D eigenvalue weighted by Crippen LogP contribution is -2.39. The number of nitro benzene ring substituents is 1. The van der Waals surface area contributed by atoms with Gasteiger partial charge in [-0.05, 0) is 30.4 Å². The van der Waals surface area contributed by atoms with Crippen LogP contribution in [0.5, 0.6) is 0 Å². The van der Waals surface area contributed by atoms with Crippen molar-refractivity contribution in [1.29, 1.82) is 0 Å². The van der Waals surface area contributed by atoms with Gasteiger partial charge in [0.2, 0.25) is 10.0 Å². The van der Waals surface area contributed by atoms with E-state index in [9.17, 15) is 18.5 Å². The molecule has 1 aromatic carbocycles. The highest BCUT2D eigenvalue weighted by molar-refractivity contribution is 7.89. The van der Waals surface area contributed by atoms with E-state index in [1.54, 1.807) is 0 Å². The van der Waals surface area contributed by atoms with Crippen molar-refractivity contribution in [3.05, 3.63) is 28.3 Å². The minimum absolute atomic E-state index is 0.220. The number of hydrogen-bond donors (Lipinski definition) is 1. The SMILES string of the molecule is C[C@@H]1C[C@H](C)CN(c2ccc(S(N)(=O)=O)cc2[N+](=O)[O-])C1. The predicted octanol–water partition coefficient (Wildman–Crippen LogP) is 1.72. The van der Waals surface area contributed by atoms with Crippen molar-refractivity contribution in [2.75, 3.05) is 18.0 Å². The summed E-state index contributed by atoms with van der Waals surface area (Å²) in [4.78, 5) is 12.4. The van der Waals surface area contributed by atoms with Gasteiger partial charge in [0.1, 0.15) is 5.69 Å². The third kappa shape index (κ3) is 3.51. The van der Waals surface area contributed by atoms with E-state index in [-0.39, 0.29) is 10.6 Å². The van der Waals surface area contributed by atoms with Crippen LogP contribution in [0.4, 0.5) is 11.4 Å². The first-order valence-electron chi connectivity index (χ1n) is 6.74. The Kier molecular flexibility index (Phi) is 4.20. The van der Waals surface area contributed by atoms with E-state index in [0.717, 1.165) is 25.6 Å². The van der Waals surface area contributed by atoms with Crippen LogP contribution in [0.15, 0.2) is 23.1 Å². The molecular formula is C13H19N3O4S. The normalized spacial score (nSPS) is 23.1. The Hall–Kier alpha value is -1.67. The van der Waals surface area contributed by atoms with Gasteiger partial charge in [-0.2, -0.15) is 0 Å². The summed E-state index contributed by atoms with van der Waals surface area (Å²) in [5.41, 5.74) is 0.230. The lowest BCUT2D eigenvalue weighted by atomic mass is 9.91. The molecule has 0 saturated carbocycles. The molecule has 0 aliphatic carbocycles. The van der Waals surface area contributed by atoms with Gasteiger partial charge in [-0.3, -0.25) is 10.1 Å². The van der Waals surface area contributed by atoms with Crippen LogP contribution < -0.4 is 10.0 Å². The molecular weight excluding hydrogens is 294 g/mol. The summed E-state index contributed by atoms with van der Waals surface area (Å²) >= 11 is 0. The summed E-state index contributed by atoms with van der Waals surface area (Å²) in [5.74, 6) is 0.873. The fourth-order valence-electron chi connectivity index (χ4n) is 2.95. The van der Waals surface area contributed by atoms with E-state index in [1.165, 1.54) is 12.1 Å². The summed E-state index contributed by atoms with van der Waals surface area (Å²) < 4.78 is 22.7. The molecule has 1 aliphatic rings. The molecule has 1 heterocycles. The van der Waals surface area contributed by atoms with Crippen LogP contribution >= 0.6 is 0 Å². The molecule has 21 heavy (non-hydrogen) atoms. The van der Waals surface area contributed by atoms with Crippen LogP contribution in [0, 0.1) is 22.0 Å². The van der Waals surface area contributed by atoms with Gasteiger partial charge in [-0.15, -0.1) is 0 Å². The molecule has 0 aromatic heterocycles. The van der Waals surface area contributed by atoms with Gasteiger partial charge in [-0.25, -0.2) is 13.6 Å². The summed E-state index contributed by atoms with van der Waals surface area (Å²) in [6, 6.07) is 3.83. The van der Waals surface area contributed by atoms with E-state index in [1.807, 2.05) is 4.90 Å². The summed E-state index contributed by atoms with van der Waals surface area (Å²) in [5, 5.41) is 16.3. The maximum absolute atomic E-state index is 11.3. The Balaban J connectivity index is 2.46. The number of anilines is 1. The second-order valence-electron chi connectivity index (χ2n) is 5.80.